The van der Waals surface area contributed by atoms with E-state index in [-0.39, 0.29) is 11.9 Å². The zero-order valence-electron chi connectivity index (χ0n) is 12.9. The minimum absolute atomic E-state index is 0.0647. The van der Waals surface area contributed by atoms with Crippen LogP contribution < -0.4 is 5.32 Å². The van der Waals surface area contributed by atoms with Crippen molar-refractivity contribution < 1.29 is 4.79 Å². The first-order valence-electron chi connectivity index (χ1n) is 7.12. The van der Waals surface area contributed by atoms with Crippen LogP contribution in [0, 0.1) is 17.3 Å². The Morgan fingerprint density at radius 1 is 1.41 bits per heavy atom. The summed E-state index contributed by atoms with van der Waals surface area (Å²) in [6.07, 6.45) is 2.22. The first-order chi connectivity index (χ1) is 10.4. The predicted molar refractivity (Wildman–Crippen MR) is 86.5 cm³/mol. The van der Waals surface area contributed by atoms with Gasteiger partial charge in [0.1, 0.15) is 0 Å². The Morgan fingerprint density at radius 2 is 2.18 bits per heavy atom. The van der Waals surface area contributed by atoms with Crippen molar-refractivity contribution in [2.24, 2.45) is 0 Å². The van der Waals surface area contributed by atoms with E-state index in [9.17, 15) is 4.79 Å². The molecule has 2 aromatic rings. The van der Waals surface area contributed by atoms with Crippen molar-refractivity contribution in [1.82, 2.24) is 15.2 Å². The molecule has 0 unspecified atom stereocenters. The molecule has 0 bridgehead atoms. The zero-order valence-corrected chi connectivity index (χ0v) is 12.9. The third kappa shape index (κ3) is 2.13. The van der Waals surface area contributed by atoms with E-state index in [0.717, 1.165) is 22.0 Å². The van der Waals surface area contributed by atoms with E-state index < -0.39 is 5.54 Å². The first kappa shape index (κ1) is 14.2. The number of benzene rings is 1. The predicted octanol–water partition coefficient (Wildman–Crippen LogP) is 2.14. The number of nitrogens with zero attached hydrogens (tertiary/aromatic N) is 1. The Kier molecular flexibility index (Phi) is 3.18. The minimum Gasteiger partial charge on any atom is -0.361 e. The summed E-state index contributed by atoms with van der Waals surface area (Å²) in [6.45, 7) is 3.76. The van der Waals surface area contributed by atoms with E-state index in [1.54, 1.807) is 7.05 Å². The summed E-state index contributed by atoms with van der Waals surface area (Å²) in [6, 6.07) is 5.98. The summed E-state index contributed by atoms with van der Waals surface area (Å²) < 4.78 is 0. The summed E-state index contributed by atoms with van der Waals surface area (Å²) in [5.74, 6) is 6.01. The normalized spacial score (nSPS) is 21.5. The highest BCUT2D eigenvalue weighted by molar-refractivity contribution is 6.00. The lowest BCUT2D eigenvalue weighted by Gasteiger charge is -2.39. The van der Waals surface area contributed by atoms with Crippen LogP contribution in [0.15, 0.2) is 24.4 Å². The van der Waals surface area contributed by atoms with Crippen molar-refractivity contribution in [1.29, 1.82) is 5.41 Å². The molecule has 112 valence electrons. The molecule has 0 saturated carbocycles. The molecule has 0 radical (unpaired) electrons. The molecule has 2 heterocycles. The Balaban J connectivity index is 2.12. The number of nitrogens with one attached hydrogen (secondary N) is 3. The molecular formula is C17H18N4O. The van der Waals surface area contributed by atoms with Gasteiger partial charge in [0.25, 0.3) is 0 Å². The maximum Gasteiger partial charge on any atom is 0.231 e. The molecule has 3 rings (SSSR count). The van der Waals surface area contributed by atoms with Crippen LogP contribution in [0.25, 0.3) is 10.9 Å². The Hall–Kier alpha value is -2.74. The number of aromatic amines is 1. The molecule has 1 aromatic carbocycles. The van der Waals surface area contributed by atoms with Gasteiger partial charge >= 0.3 is 0 Å². The SMILES string of the molecule is CC#Cc1ccc2[nH]cc([C@]3(C)CC(=O)N(C)C(=N)N3)c2c1. The fourth-order valence-corrected chi connectivity index (χ4v) is 2.90. The summed E-state index contributed by atoms with van der Waals surface area (Å²) in [5.41, 5.74) is 2.32. The monoisotopic (exact) mass is 294 g/mol. The average Bonchev–Trinajstić information content (AvgIpc) is 2.89. The maximum absolute atomic E-state index is 12.1. The fraction of sp³-hybridized carbons (Fsp3) is 0.294. The van der Waals surface area contributed by atoms with Gasteiger partial charge in [0, 0.05) is 35.3 Å². The molecule has 1 saturated heterocycles. The summed E-state index contributed by atoms with van der Waals surface area (Å²) >= 11 is 0. The van der Waals surface area contributed by atoms with E-state index in [2.05, 4.69) is 22.1 Å². The molecule has 3 N–H and O–H groups in total. The third-order valence-corrected chi connectivity index (χ3v) is 4.15. The number of amides is 1. The molecule has 22 heavy (non-hydrogen) atoms. The number of hydrogen-bond acceptors (Lipinski definition) is 2. The van der Waals surface area contributed by atoms with Crippen molar-refractivity contribution in [3.05, 3.63) is 35.5 Å². The van der Waals surface area contributed by atoms with Crippen LogP contribution in [0.2, 0.25) is 0 Å². The minimum atomic E-state index is -0.600. The van der Waals surface area contributed by atoms with Crippen molar-refractivity contribution in [3.63, 3.8) is 0 Å². The van der Waals surface area contributed by atoms with Crippen molar-refractivity contribution in [2.75, 3.05) is 7.05 Å². The largest absolute Gasteiger partial charge is 0.361 e. The van der Waals surface area contributed by atoms with Crippen LogP contribution in [0.5, 0.6) is 0 Å². The van der Waals surface area contributed by atoms with Gasteiger partial charge in [-0.05, 0) is 32.0 Å². The van der Waals surface area contributed by atoms with Crippen LogP contribution in [-0.4, -0.2) is 28.8 Å². The highest BCUT2D eigenvalue weighted by Crippen LogP contribution is 2.34. The van der Waals surface area contributed by atoms with Gasteiger partial charge in [-0.2, -0.15) is 0 Å². The summed E-state index contributed by atoms with van der Waals surface area (Å²) in [7, 11) is 1.61. The molecule has 5 nitrogen and oxygen atoms in total. The smallest absolute Gasteiger partial charge is 0.231 e. The number of aromatic nitrogens is 1. The average molecular weight is 294 g/mol. The molecule has 1 atom stereocenters. The fourth-order valence-electron chi connectivity index (χ4n) is 2.90. The second-order valence-corrected chi connectivity index (χ2v) is 5.77. The molecule has 5 heteroatoms. The first-order valence-corrected chi connectivity index (χ1v) is 7.12. The topological polar surface area (TPSA) is 72.0 Å². The van der Waals surface area contributed by atoms with Crippen LogP contribution in [0.4, 0.5) is 0 Å². The van der Waals surface area contributed by atoms with Gasteiger partial charge in [-0.15, -0.1) is 5.92 Å². The zero-order chi connectivity index (χ0) is 15.9. The lowest BCUT2D eigenvalue weighted by atomic mass is 9.86. The van der Waals surface area contributed by atoms with E-state index in [1.807, 2.05) is 38.2 Å². The van der Waals surface area contributed by atoms with E-state index in [1.165, 1.54) is 4.90 Å². The molecule has 1 aromatic heterocycles. The number of guanidine groups is 1. The number of carbonyl (C=O) groups is 1. The number of hydrogen-bond donors (Lipinski definition) is 3. The highest BCUT2D eigenvalue weighted by Gasteiger charge is 2.39. The maximum atomic E-state index is 12.1. The van der Waals surface area contributed by atoms with Crippen molar-refractivity contribution >= 4 is 22.8 Å². The molecular weight excluding hydrogens is 276 g/mol. The van der Waals surface area contributed by atoms with Crippen LogP contribution in [-0.2, 0) is 10.3 Å². The van der Waals surface area contributed by atoms with E-state index in [0.29, 0.717) is 6.42 Å². The van der Waals surface area contributed by atoms with Gasteiger partial charge < -0.3 is 10.3 Å². The number of H-pyrrole nitrogens is 1. The molecule has 1 aliphatic heterocycles. The summed E-state index contributed by atoms with van der Waals surface area (Å²) in [4.78, 5) is 16.7. The molecule has 0 aliphatic carbocycles. The second kappa shape index (κ2) is 4.92. The summed E-state index contributed by atoms with van der Waals surface area (Å²) in [5, 5.41) is 12.1. The van der Waals surface area contributed by atoms with Crippen LogP contribution >= 0.6 is 0 Å². The lowest BCUT2D eigenvalue weighted by molar-refractivity contribution is -0.129. The molecule has 1 aliphatic rings. The van der Waals surface area contributed by atoms with Crippen molar-refractivity contribution in [2.45, 2.75) is 25.8 Å². The van der Waals surface area contributed by atoms with Crippen molar-refractivity contribution in [3.8, 4) is 11.8 Å². The molecule has 1 fully saturated rings. The third-order valence-electron chi connectivity index (χ3n) is 4.15. The van der Waals surface area contributed by atoms with Crippen LogP contribution in [0.3, 0.4) is 0 Å². The second-order valence-electron chi connectivity index (χ2n) is 5.77. The van der Waals surface area contributed by atoms with Gasteiger partial charge in [0.15, 0.2) is 5.96 Å². The Morgan fingerprint density at radius 3 is 2.86 bits per heavy atom. The van der Waals surface area contributed by atoms with Crippen LogP contribution in [0.1, 0.15) is 31.4 Å². The quantitative estimate of drug-likeness (QED) is 0.705. The van der Waals surface area contributed by atoms with Gasteiger partial charge in [-0.25, -0.2) is 0 Å². The Labute approximate surface area is 129 Å². The lowest BCUT2D eigenvalue weighted by Crippen LogP contribution is -2.58. The highest BCUT2D eigenvalue weighted by atomic mass is 16.2. The van der Waals surface area contributed by atoms with E-state index >= 15 is 0 Å². The number of fused-ring (bicyclic) bond motifs is 1. The Bertz CT molecular complexity index is 819. The van der Waals surface area contributed by atoms with Gasteiger partial charge in [-0.1, -0.05) is 5.92 Å². The number of rotatable bonds is 1. The standard InChI is InChI=1S/C17H18N4O/c1-4-5-11-6-7-14-12(8-11)13(10-19-14)17(2)9-15(22)21(3)16(18)20-17/h6-8,10,19H,9H2,1-3H3,(H2,18,20)/t17-/m0/s1. The van der Waals surface area contributed by atoms with E-state index in [4.69, 9.17) is 5.41 Å². The van der Waals surface area contributed by atoms with Gasteiger partial charge in [0.2, 0.25) is 5.91 Å². The van der Waals surface area contributed by atoms with Gasteiger partial charge in [0.05, 0.1) is 12.0 Å². The number of carbonyl (C=O) groups excluding carboxylic acids is 1. The van der Waals surface area contributed by atoms with Gasteiger partial charge in [-0.3, -0.25) is 15.1 Å². The molecule has 0 spiro atoms. The molecule has 1 amide bonds.